The molecule has 1 aromatic heterocycles. The number of hydrogen-bond acceptors (Lipinski definition) is 4. The van der Waals surface area contributed by atoms with Gasteiger partial charge in [0.1, 0.15) is 11.5 Å². The Morgan fingerprint density at radius 1 is 1.24 bits per heavy atom. The molecule has 1 aliphatic heterocycles. The minimum Gasteiger partial charge on any atom is -0.409 e. The molecule has 1 aliphatic rings. The van der Waals surface area contributed by atoms with E-state index in [0.717, 1.165) is 18.9 Å². The van der Waals surface area contributed by atoms with Crippen LogP contribution < -0.4 is 10.6 Å². The quantitative estimate of drug-likeness (QED) is 0.352. The molecule has 0 radical (unpaired) electrons. The zero-order valence-electron chi connectivity index (χ0n) is 9.84. The number of rotatable bonds is 2. The average Bonchev–Trinajstić information content (AvgIpc) is 2.67. The van der Waals surface area contributed by atoms with Gasteiger partial charge in [-0.15, -0.1) is 0 Å². The molecular weight excluding hydrogens is 216 g/mol. The zero-order valence-corrected chi connectivity index (χ0v) is 9.84. The summed E-state index contributed by atoms with van der Waals surface area (Å²) >= 11 is 0. The second kappa shape index (κ2) is 5.52. The summed E-state index contributed by atoms with van der Waals surface area (Å²) in [6.07, 6.45) is 4.98. The van der Waals surface area contributed by atoms with Gasteiger partial charge in [-0.2, -0.15) is 0 Å². The lowest BCUT2D eigenvalue weighted by Gasteiger charge is -2.21. The lowest BCUT2D eigenvalue weighted by molar-refractivity contribution is 0.318. The number of nitrogens with zero attached hydrogens (tertiary/aromatic N) is 3. The van der Waals surface area contributed by atoms with Crippen LogP contribution >= 0.6 is 0 Å². The van der Waals surface area contributed by atoms with E-state index in [1.807, 2.05) is 12.1 Å². The highest BCUT2D eigenvalue weighted by molar-refractivity contribution is 5.95. The third-order valence-electron chi connectivity index (χ3n) is 3.03. The maximum Gasteiger partial charge on any atom is 0.188 e. The summed E-state index contributed by atoms with van der Waals surface area (Å²) < 4.78 is 0. The maximum absolute atomic E-state index is 8.64. The Hall–Kier alpha value is -1.78. The molecule has 92 valence electrons. The van der Waals surface area contributed by atoms with Crippen molar-refractivity contribution in [1.82, 2.24) is 4.98 Å². The largest absolute Gasteiger partial charge is 0.409 e. The highest BCUT2D eigenvalue weighted by atomic mass is 16.4. The van der Waals surface area contributed by atoms with Gasteiger partial charge in [-0.05, 0) is 25.0 Å². The average molecular weight is 234 g/mol. The maximum atomic E-state index is 8.64. The van der Waals surface area contributed by atoms with Crippen LogP contribution in [0.1, 0.15) is 31.4 Å². The first-order chi connectivity index (χ1) is 8.31. The second-order valence-electron chi connectivity index (χ2n) is 4.27. The molecule has 0 unspecified atom stereocenters. The molecule has 0 aliphatic carbocycles. The molecule has 1 fully saturated rings. The first-order valence-electron chi connectivity index (χ1n) is 6.01. The lowest BCUT2D eigenvalue weighted by atomic mass is 10.2. The van der Waals surface area contributed by atoms with Crippen molar-refractivity contribution in [3.63, 3.8) is 0 Å². The third kappa shape index (κ3) is 2.87. The molecule has 3 N–H and O–H groups in total. The van der Waals surface area contributed by atoms with Crippen LogP contribution in [0.4, 0.5) is 5.82 Å². The van der Waals surface area contributed by atoms with Crippen molar-refractivity contribution in [3.05, 3.63) is 23.9 Å². The number of amidine groups is 1. The minimum absolute atomic E-state index is 0.0571. The van der Waals surface area contributed by atoms with Gasteiger partial charge in [0.2, 0.25) is 0 Å². The monoisotopic (exact) mass is 234 g/mol. The smallest absolute Gasteiger partial charge is 0.188 e. The van der Waals surface area contributed by atoms with Crippen LogP contribution in [0.2, 0.25) is 0 Å². The number of pyridine rings is 1. The van der Waals surface area contributed by atoms with E-state index in [2.05, 4.69) is 15.0 Å². The molecule has 0 spiro atoms. The number of oxime groups is 1. The van der Waals surface area contributed by atoms with Crippen molar-refractivity contribution in [1.29, 1.82) is 0 Å². The number of nitrogens with two attached hydrogens (primary N) is 1. The van der Waals surface area contributed by atoms with E-state index in [0.29, 0.717) is 5.69 Å². The minimum atomic E-state index is 0.0571. The van der Waals surface area contributed by atoms with Crippen molar-refractivity contribution < 1.29 is 5.21 Å². The van der Waals surface area contributed by atoms with E-state index in [4.69, 9.17) is 10.9 Å². The molecule has 0 aromatic carbocycles. The molecular formula is C12H18N4O. The molecule has 0 atom stereocenters. The first-order valence-corrected chi connectivity index (χ1v) is 6.01. The van der Waals surface area contributed by atoms with Gasteiger partial charge < -0.3 is 15.8 Å². The summed E-state index contributed by atoms with van der Waals surface area (Å²) in [4.78, 5) is 6.68. The van der Waals surface area contributed by atoms with Crippen molar-refractivity contribution >= 4 is 11.7 Å². The van der Waals surface area contributed by atoms with Gasteiger partial charge in [-0.1, -0.05) is 24.1 Å². The van der Waals surface area contributed by atoms with Gasteiger partial charge in [-0.25, -0.2) is 4.98 Å². The fourth-order valence-electron chi connectivity index (χ4n) is 2.09. The number of hydrogen-bond donors (Lipinski definition) is 2. The lowest BCUT2D eigenvalue weighted by Crippen LogP contribution is -2.26. The van der Waals surface area contributed by atoms with Gasteiger partial charge in [0.05, 0.1) is 0 Å². The second-order valence-corrected chi connectivity index (χ2v) is 4.27. The molecule has 1 saturated heterocycles. The Labute approximate surface area is 101 Å². The van der Waals surface area contributed by atoms with Crippen molar-refractivity contribution in [2.45, 2.75) is 25.7 Å². The van der Waals surface area contributed by atoms with E-state index in [1.165, 1.54) is 25.7 Å². The van der Waals surface area contributed by atoms with Gasteiger partial charge in [0, 0.05) is 13.1 Å². The fraction of sp³-hybridized carbons (Fsp3) is 0.500. The van der Waals surface area contributed by atoms with E-state index in [9.17, 15) is 0 Å². The molecule has 17 heavy (non-hydrogen) atoms. The Bertz CT molecular complexity index is 397. The SMILES string of the molecule is NC(=NO)c1cccc(N2CCCCCC2)n1. The summed E-state index contributed by atoms with van der Waals surface area (Å²) in [6, 6.07) is 5.61. The van der Waals surface area contributed by atoms with Crippen LogP contribution in [0.15, 0.2) is 23.4 Å². The molecule has 5 nitrogen and oxygen atoms in total. The molecule has 2 rings (SSSR count). The van der Waals surface area contributed by atoms with Crippen molar-refractivity contribution in [2.75, 3.05) is 18.0 Å². The third-order valence-corrected chi connectivity index (χ3v) is 3.03. The Kier molecular flexibility index (Phi) is 3.80. The first kappa shape index (κ1) is 11.7. The van der Waals surface area contributed by atoms with Crippen molar-refractivity contribution in [2.24, 2.45) is 10.9 Å². The predicted molar refractivity (Wildman–Crippen MR) is 67.4 cm³/mol. The van der Waals surface area contributed by atoms with E-state index < -0.39 is 0 Å². The van der Waals surface area contributed by atoms with E-state index in [1.54, 1.807) is 6.07 Å². The van der Waals surface area contributed by atoms with Crippen LogP contribution in [0.25, 0.3) is 0 Å². The van der Waals surface area contributed by atoms with Gasteiger partial charge in [-0.3, -0.25) is 0 Å². The number of anilines is 1. The topological polar surface area (TPSA) is 74.7 Å². The molecule has 0 bridgehead atoms. The zero-order chi connectivity index (χ0) is 12.1. The summed E-state index contributed by atoms with van der Waals surface area (Å²) in [6.45, 7) is 2.07. The van der Waals surface area contributed by atoms with Crippen LogP contribution in [-0.2, 0) is 0 Å². The normalized spacial score (nSPS) is 17.9. The summed E-state index contributed by atoms with van der Waals surface area (Å²) in [5.74, 6) is 0.970. The summed E-state index contributed by atoms with van der Waals surface area (Å²) in [5, 5.41) is 11.6. The van der Waals surface area contributed by atoms with Crippen LogP contribution in [-0.4, -0.2) is 29.1 Å². The molecule has 2 heterocycles. The molecule has 0 saturated carbocycles. The van der Waals surface area contributed by atoms with Gasteiger partial charge >= 0.3 is 0 Å². The Balaban J connectivity index is 2.19. The fourth-order valence-corrected chi connectivity index (χ4v) is 2.09. The molecule has 1 aromatic rings. The summed E-state index contributed by atoms with van der Waals surface area (Å²) in [7, 11) is 0. The molecule has 0 amide bonds. The number of aromatic nitrogens is 1. The van der Waals surface area contributed by atoms with Crippen LogP contribution in [0.3, 0.4) is 0 Å². The van der Waals surface area contributed by atoms with Crippen LogP contribution in [0.5, 0.6) is 0 Å². The Morgan fingerprint density at radius 3 is 2.59 bits per heavy atom. The summed E-state index contributed by atoms with van der Waals surface area (Å²) in [5.41, 5.74) is 6.06. The van der Waals surface area contributed by atoms with Gasteiger partial charge in [0.15, 0.2) is 5.84 Å². The Morgan fingerprint density at radius 2 is 1.94 bits per heavy atom. The van der Waals surface area contributed by atoms with Crippen molar-refractivity contribution in [3.8, 4) is 0 Å². The van der Waals surface area contributed by atoms with Gasteiger partial charge in [0.25, 0.3) is 0 Å². The predicted octanol–water partition coefficient (Wildman–Crippen LogP) is 1.56. The highest BCUT2D eigenvalue weighted by Gasteiger charge is 2.12. The van der Waals surface area contributed by atoms with E-state index >= 15 is 0 Å². The van der Waals surface area contributed by atoms with E-state index in [-0.39, 0.29) is 5.84 Å². The standard InChI is InChI=1S/C12H18N4O/c13-12(15-17)10-6-5-7-11(14-10)16-8-3-1-2-4-9-16/h5-7,17H,1-4,8-9H2,(H2,13,15). The van der Waals surface area contributed by atoms with Crippen LogP contribution in [0, 0.1) is 0 Å². The highest BCUT2D eigenvalue weighted by Crippen LogP contribution is 2.17. The molecule has 5 heteroatoms.